The van der Waals surface area contributed by atoms with E-state index in [4.69, 9.17) is 29.0 Å². The van der Waals surface area contributed by atoms with Gasteiger partial charge in [-0.1, -0.05) is 200 Å². The highest BCUT2D eigenvalue weighted by molar-refractivity contribution is 6.11. The summed E-state index contributed by atoms with van der Waals surface area (Å²) in [7, 11) is 0. The minimum absolute atomic E-state index is 0.125. The molecule has 5 heteroatoms. The zero-order valence-corrected chi connectivity index (χ0v) is 35.9. The summed E-state index contributed by atoms with van der Waals surface area (Å²) in [5.41, 5.74) is 7.15. The Balaban J connectivity index is 1.12. The van der Waals surface area contributed by atoms with Crippen LogP contribution in [0.15, 0.2) is 247 Å². The molecule has 0 aliphatic rings. The Hall–Kier alpha value is -9.19. The Labute approximate surface area is 409 Å². The molecule has 10 aromatic carbocycles. The molecular weight excluding hydrogens is 829 g/mol. The van der Waals surface area contributed by atoms with E-state index < -0.39 is 83.6 Å². The number of benzene rings is 10. The van der Waals surface area contributed by atoms with Crippen LogP contribution >= 0.6 is 0 Å². The van der Waals surface area contributed by atoms with E-state index >= 15 is 0 Å². The summed E-state index contributed by atoms with van der Waals surface area (Å²) in [6.45, 7) is 0. The van der Waals surface area contributed by atoms with E-state index in [0.717, 1.165) is 33.0 Å². The van der Waals surface area contributed by atoms with Crippen molar-refractivity contribution >= 4 is 43.7 Å². The first kappa shape index (κ1) is 28.7. The number of para-hydroxylation sites is 2. The van der Waals surface area contributed by atoms with Crippen LogP contribution in [0.25, 0.3) is 128 Å². The van der Waals surface area contributed by atoms with Gasteiger partial charge in [0.05, 0.1) is 38.7 Å². The van der Waals surface area contributed by atoms with Crippen molar-refractivity contribution < 1.29 is 20.9 Å². The number of nitrogens with zero attached hydrogens (tertiary/aromatic N) is 4. The van der Waals surface area contributed by atoms with E-state index in [-0.39, 0.29) is 39.1 Å². The van der Waals surface area contributed by atoms with Gasteiger partial charge in [0.1, 0.15) is 11.2 Å². The van der Waals surface area contributed by atoms with Crippen LogP contribution in [-0.4, -0.2) is 19.5 Å². The highest BCUT2D eigenvalue weighted by atomic mass is 16.3. The van der Waals surface area contributed by atoms with Gasteiger partial charge in [0.25, 0.3) is 0 Å². The summed E-state index contributed by atoms with van der Waals surface area (Å²) < 4.78 is 117. The van der Waals surface area contributed by atoms with E-state index in [1.165, 1.54) is 4.57 Å². The van der Waals surface area contributed by atoms with Gasteiger partial charge in [-0.25, -0.2) is 15.0 Å². The molecule has 0 N–H and O–H groups in total. The fourth-order valence-corrected chi connectivity index (χ4v) is 8.98. The van der Waals surface area contributed by atoms with Gasteiger partial charge in [0.15, 0.2) is 17.5 Å². The monoisotopic (exact) mass is 880 g/mol. The molecule has 3 heterocycles. The number of hydrogen-bond acceptors (Lipinski definition) is 4. The normalized spacial score (nSPS) is 14.0. The smallest absolute Gasteiger partial charge is 0.166 e. The van der Waals surface area contributed by atoms with Crippen LogP contribution in [-0.2, 0) is 0 Å². The lowest BCUT2D eigenvalue weighted by Crippen LogP contribution is -2.05. The zero-order valence-electron chi connectivity index (χ0n) is 47.9. The van der Waals surface area contributed by atoms with Crippen molar-refractivity contribution in [2.45, 2.75) is 0 Å². The van der Waals surface area contributed by atoms with Crippen molar-refractivity contribution in [3.8, 4) is 84.4 Å². The van der Waals surface area contributed by atoms with Crippen LogP contribution < -0.4 is 0 Å². The van der Waals surface area contributed by atoms with Gasteiger partial charge in [0, 0.05) is 32.7 Å². The maximum atomic E-state index is 9.89. The molecule has 3 aromatic heterocycles. The Morgan fingerprint density at radius 2 is 0.926 bits per heavy atom. The van der Waals surface area contributed by atoms with Crippen molar-refractivity contribution in [1.82, 2.24) is 19.5 Å². The second-order valence-corrected chi connectivity index (χ2v) is 16.2. The summed E-state index contributed by atoms with van der Waals surface area (Å²) >= 11 is 0. The molecule has 0 unspecified atom stereocenters. The predicted molar refractivity (Wildman–Crippen MR) is 279 cm³/mol. The molecule has 0 saturated heterocycles. The van der Waals surface area contributed by atoms with Crippen molar-refractivity contribution in [2.75, 3.05) is 0 Å². The molecule has 13 aromatic rings. The Kier molecular flexibility index (Phi) is 6.89. The van der Waals surface area contributed by atoms with Gasteiger partial charge < -0.3 is 8.98 Å². The summed E-state index contributed by atoms with van der Waals surface area (Å²) in [5.74, 6) is 0.683. The minimum atomic E-state index is -0.713. The van der Waals surface area contributed by atoms with E-state index in [2.05, 4.69) is 36.4 Å². The van der Waals surface area contributed by atoms with Gasteiger partial charge in [-0.3, -0.25) is 0 Å². The van der Waals surface area contributed by atoms with Crippen molar-refractivity contribution in [2.24, 2.45) is 0 Å². The summed E-state index contributed by atoms with van der Waals surface area (Å²) in [6.07, 6.45) is 0. The van der Waals surface area contributed by atoms with Gasteiger partial charge in [-0.15, -0.1) is 0 Å². The average Bonchev–Trinajstić information content (AvgIpc) is 4.21. The van der Waals surface area contributed by atoms with Crippen LogP contribution in [0.4, 0.5) is 0 Å². The molecule has 0 aliphatic heterocycles. The number of fused-ring (bicyclic) bond motifs is 6. The molecule has 0 saturated carbocycles. The summed E-state index contributed by atoms with van der Waals surface area (Å²) in [4.78, 5) is 15.5. The summed E-state index contributed by atoms with van der Waals surface area (Å²) in [5, 5.41) is 1.45. The average molecular weight is 881 g/mol. The van der Waals surface area contributed by atoms with E-state index in [1.54, 1.807) is 12.1 Å². The number of aromatic nitrogens is 4. The Bertz CT molecular complexity index is 4690. The van der Waals surface area contributed by atoms with Crippen LogP contribution in [0, 0.1) is 0 Å². The van der Waals surface area contributed by atoms with Crippen molar-refractivity contribution in [1.29, 1.82) is 0 Å². The maximum Gasteiger partial charge on any atom is 0.166 e. The molecule has 0 bridgehead atoms. The third-order valence-corrected chi connectivity index (χ3v) is 12.2. The van der Waals surface area contributed by atoms with Crippen LogP contribution in [0.1, 0.15) is 16.4 Å². The highest BCUT2D eigenvalue weighted by Crippen LogP contribution is 2.43. The van der Waals surface area contributed by atoms with Crippen LogP contribution in [0.2, 0.25) is 0 Å². The van der Waals surface area contributed by atoms with E-state index in [1.807, 2.05) is 121 Å². The first-order valence-corrected chi connectivity index (χ1v) is 21.9. The molecule has 0 aliphatic carbocycles. The molecular formula is C63H40N4O. The minimum Gasteiger partial charge on any atom is -0.456 e. The highest BCUT2D eigenvalue weighted by Gasteiger charge is 2.23. The molecule has 0 radical (unpaired) electrons. The van der Waals surface area contributed by atoms with Gasteiger partial charge >= 0.3 is 0 Å². The fraction of sp³-hybridized carbons (Fsp3) is 0. The lowest BCUT2D eigenvalue weighted by molar-refractivity contribution is 0.669. The Morgan fingerprint density at radius 1 is 0.353 bits per heavy atom. The number of furan rings is 1. The van der Waals surface area contributed by atoms with Crippen LogP contribution in [0.3, 0.4) is 0 Å². The first-order chi connectivity index (χ1) is 38.7. The number of hydrogen-bond donors (Lipinski definition) is 0. The third kappa shape index (κ3) is 6.84. The molecule has 13 rings (SSSR count). The largest absolute Gasteiger partial charge is 0.456 e. The molecule has 0 fully saturated rings. The quantitative estimate of drug-likeness (QED) is 0.153. The van der Waals surface area contributed by atoms with E-state index in [0.29, 0.717) is 44.8 Å². The fourth-order valence-electron chi connectivity index (χ4n) is 8.98. The van der Waals surface area contributed by atoms with Gasteiger partial charge in [0.2, 0.25) is 0 Å². The second-order valence-electron chi connectivity index (χ2n) is 16.2. The van der Waals surface area contributed by atoms with Crippen LogP contribution in [0.5, 0.6) is 0 Å². The zero-order chi connectivity index (χ0) is 55.4. The third-order valence-electron chi connectivity index (χ3n) is 12.2. The van der Waals surface area contributed by atoms with Gasteiger partial charge in [-0.2, -0.15) is 0 Å². The lowest BCUT2D eigenvalue weighted by Gasteiger charge is -2.18. The molecule has 318 valence electrons. The standard InChI is InChI=1S/C63H40N4O/c1-4-15-41(16-5-1)43-27-29-44(30-28-43)45-31-33-46(34-32-45)50-23-14-25-57(67-55-24-12-10-21-51(55)54-39-48(36-38-56(54)67)42-17-6-2-7-18-42)60(50)63-65-61(47-19-8-3-9-20-47)64-62(66-63)49-35-37-53-52-22-11-13-26-58(52)68-59(53)40-49/h1-40H/i2D,6D,7D,10D,12D,17D,18D,21D,24D,36D,38D,39D. The molecule has 0 spiro atoms. The van der Waals surface area contributed by atoms with E-state index in [9.17, 15) is 6.85 Å². The Morgan fingerprint density at radius 3 is 1.68 bits per heavy atom. The molecule has 68 heavy (non-hydrogen) atoms. The van der Waals surface area contributed by atoms with Gasteiger partial charge in [-0.05, 0) is 86.9 Å². The molecule has 0 amide bonds. The SMILES string of the molecule is [2H]c1c([2H])c([2H])c(-c2c([2H])c([2H])c3c(c2[2H])c2c([2H])c([2H])c([2H])c([2H])c2n3-c2cccc(-c3ccc(-c4ccc(-c5ccccc5)cc4)cc3)c2-c2nc(-c3ccccc3)nc(-c3ccc4c(c3)oc3ccccc34)n2)c([2H])c1[2H]. The second kappa shape index (κ2) is 16.4. The maximum absolute atomic E-state index is 9.89. The first-order valence-electron chi connectivity index (χ1n) is 27.9. The van der Waals surface area contributed by atoms with Crippen molar-refractivity contribution in [3.05, 3.63) is 242 Å². The topological polar surface area (TPSA) is 56.7 Å². The van der Waals surface area contributed by atoms with Crippen molar-refractivity contribution in [3.63, 3.8) is 0 Å². The molecule has 0 atom stereocenters. The lowest BCUT2D eigenvalue weighted by atomic mass is 9.94. The summed E-state index contributed by atoms with van der Waals surface area (Å²) in [6, 6.07) is 46.8. The predicted octanol–water partition coefficient (Wildman–Crippen LogP) is 16.5. The molecule has 5 nitrogen and oxygen atoms in total. The number of rotatable bonds is 8.